The first-order valence-corrected chi connectivity index (χ1v) is 6.99. The molecule has 0 bridgehead atoms. The van der Waals surface area contributed by atoms with Crippen LogP contribution in [0, 0.1) is 0 Å². The highest BCUT2D eigenvalue weighted by Gasteiger charge is 2.13. The standard InChI is InChI=1S/C15H12Cl2N2O3/c16-11-6-5-9(7-12(11)17)19-14(20)8-22-15(21)10-3-1-2-4-13(10)18/h1-7H,8,18H2,(H,19,20). The number of benzene rings is 2. The van der Waals surface area contributed by atoms with Gasteiger partial charge in [-0.15, -0.1) is 0 Å². The van der Waals surface area contributed by atoms with Gasteiger partial charge in [-0.25, -0.2) is 4.79 Å². The highest BCUT2D eigenvalue weighted by Crippen LogP contribution is 2.24. The normalized spacial score (nSPS) is 10.1. The van der Waals surface area contributed by atoms with Crippen LogP contribution in [0.1, 0.15) is 10.4 Å². The van der Waals surface area contributed by atoms with Crippen LogP contribution in [0.4, 0.5) is 11.4 Å². The van der Waals surface area contributed by atoms with E-state index in [9.17, 15) is 9.59 Å². The van der Waals surface area contributed by atoms with Crippen molar-refractivity contribution in [3.05, 3.63) is 58.1 Å². The van der Waals surface area contributed by atoms with Crippen LogP contribution in [0.5, 0.6) is 0 Å². The second-order valence-electron chi connectivity index (χ2n) is 4.34. The number of anilines is 2. The molecule has 0 radical (unpaired) electrons. The van der Waals surface area contributed by atoms with Gasteiger partial charge in [0.25, 0.3) is 5.91 Å². The number of hydrogen-bond acceptors (Lipinski definition) is 4. The number of amides is 1. The van der Waals surface area contributed by atoms with Gasteiger partial charge < -0.3 is 15.8 Å². The van der Waals surface area contributed by atoms with Crippen molar-refractivity contribution < 1.29 is 14.3 Å². The number of nitrogens with two attached hydrogens (primary N) is 1. The molecular weight excluding hydrogens is 327 g/mol. The number of ether oxygens (including phenoxy) is 1. The third kappa shape index (κ3) is 4.13. The summed E-state index contributed by atoms with van der Waals surface area (Å²) in [5.41, 5.74) is 6.61. The van der Waals surface area contributed by atoms with Crippen LogP contribution in [0.15, 0.2) is 42.5 Å². The molecule has 0 unspecified atom stereocenters. The summed E-state index contributed by atoms with van der Waals surface area (Å²) < 4.78 is 4.91. The summed E-state index contributed by atoms with van der Waals surface area (Å²) in [6, 6.07) is 11.1. The van der Waals surface area contributed by atoms with Crippen LogP contribution in [-0.2, 0) is 9.53 Å². The van der Waals surface area contributed by atoms with E-state index in [2.05, 4.69) is 5.32 Å². The molecule has 2 aromatic rings. The summed E-state index contributed by atoms with van der Waals surface area (Å²) in [4.78, 5) is 23.5. The van der Waals surface area contributed by atoms with Gasteiger partial charge in [-0.2, -0.15) is 0 Å². The average Bonchev–Trinajstić information content (AvgIpc) is 2.49. The maximum Gasteiger partial charge on any atom is 0.340 e. The van der Waals surface area contributed by atoms with E-state index >= 15 is 0 Å². The first-order chi connectivity index (χ1) is 10.5. The first-order valence-electron chi connectivity index (χ1n) is 6.24. The third-order valence-corrected chi connectivity index (χ3v) is 3.46. The van der Waals surface area contributed by atoms with E-state index in [0.717, 1.165) is 0 Å². The molecular formula is C15H12Cl2N2O3. The predicted molar refractivity (Wildman–Crippen MR) is 86.2 cm³/mol. The molecule has 0 spiro atoms. The van der Waals surface area contributed by atoms with Gasteiger partial charge in [0.1, 0.15) is 0 Å². The molecule has 22 heavy (non-hydrogen) atoms. The van der Waals surface area contributed by atoms with Crippen molar-refractivity contribution in [3.63, 3.8) is 0 Å². The highest BCUT2D eigenvalue weighted by atomic mass is 35.5. The second kappa shape index (κ2) is 7.15. The second-order valence-corrected chi connectivity index (χ2v) is 5.15. The summed E-state index contributed by atoms with van der Waals surface area (Å²) in [6.07, 6.45) is 0. The number of nitrogens with one attached hydrogen (secondary N) is 1. The number of para-hydroxylation sites is 1. The molecule has 1 amide bonds. The molecule has 0 saturated heterocycles. The minimum absolute atomic E-state index is 0.213. The summed E-state index contributed by atoms with van der Waals surface area (Å²) in [5, 5.41) is 3.23. The first kappa shape index (κ1) is 16.1. The van der Waals surface area contributed by atoms with Gasteiger partial charge in [0.15, 0.2) is 6.61 Å². The molecule has 3 N–H and O–H groups in total. The zero-order chi connectivity index (χ0) is 16.1. The molecule has 0 heterocycles. The Hall–Kier alpha value is -2.24. The lowest BCUT2D eigenvalue weighted by atomic mass is 10.2. The van der Waals surface area contributed by atoms with Crippen LogP contribution in [0.25, 0.3) is 0 Å². The summed E-state index contributed by atoms with van der Waals surface area (Å²) in [6.45, 7) is -0.437. The van der Waals surface area contributed by atoms with Crippen molar-refractivity contribution in [2.24, 2.45) is 0 Å². The lowest BCUT2D eigenvalue weighted by molar-refractivity contribution is -0.119. The van der Waals surface area contributed by atoms with E-state index in [1.807, 2.05) is 0 Å². The summed E-state index contributed by atoms with van der Waals surface area (Å²) >= 11 is 11.6. The fourth-order valence-electron chi connectivity index (χ4n) is 1.66. The Morgan fingerprint density at radius 3 is 2.50 bits per heavy atom. The molecule has 0 aliphatic carbocycles. The zero-order valence-electron chi connectivity index (χ0n) is 11.3. The molecule has 2 aromatic carbocycles. The number of carbonyl (C=O) groups excluding carboxylic acids is 2. The number of halogens is 2. The molecule has 0 saturated carbocycles. The maximum absolute atomic E-state index is 11.8. The third-order valence-electron chi connectivity index (χ3n) is 2.72. The van der Waals surface area contributed by atoms with Crippen LogP contribution in [0.2, 0.25) is 10.0 Å². The largest absolute Gasteiger partial charge is 0.452 e. The molecule has 114 valence electrons. The predicted octanol–water partition coefficient (Wildman–Crippen LogP) is 3.37. The van der Waals surface area contributed by atoms with E-state index in [-0.39, 0.29) is 11.3 Å². The van der Waals surface area contributed by atoms with Crippen molar-refractivity contribution in [3.8, 4) is 0 Å². The molecule has 2 rings (SSSR count). The molecule has 0 aliphatic rings. The van der Waals surface area contributed by atoms with Crippen LogP contribution >= 0.6 is 23.2 Å². The van der Waals surface area contributed by atoms with Gasteiger partial charge in [0, 0.05) is 11.4 Å². The Morgan fingerprint density at radius 2 is 1.82 bits per heavy atom. The number of nitrogen functional groups attached to an aromatic ring is 1. The van der Waals surface area contributed by atoms with Crippen molar-refractivity contribution in [2.75, 3.05) is 17.7 Å². The van der Waals surface area contributed by atoms with Gasteiger partial charge in [0.05, 0.1) is 15.6 Å². The van der Waals surface area contributed by atoms with Crippen LogP contribution < -0.4 is 11.1 Å². The number of rotatable bonds is 4. The summed E-state index contributed by atoms with van der Waals surface area (Å²) in [7, 11) is 0. The number of carbonyl (C=O) groups is 2. The minimum Gasteiger partial charge on any atom is -0.452 e. The van der Waals surface area contributed by atoms with E-state index in [0.29, 0.717) is 15.7 Å². The average molecular weight is 339 g/mol. The minimum atomic E-state index is -0.664. The quantitative estimate of drug-likeness (QED) is 0.661. The van der Waals surface area contributed by atoms with Crippen molar-refractivity contribution in [1.82, 2.24) is 0 Å². The Labute approximate surface area is 137 Å². The fraction of sp³-hybridized carbons (Fsp3) is 0.0667. The maximum atomic E-state index is 11.8. The monoisotopic (exact) mass is 338 g/mol. The molecule has 7 heteroatoms. The fourth-order valence-corrected chi connectivity index (χ4v) is 1.96. The molecule has 0 fully saturated rings. The Morgan fingerprint density at radius 1 is 1.09 bits per heavy atom. The Bertz CT molecular complexity index is 720. The number of esters is 1. The smallest absolute Gasteiger partial charge is 0.340 e. The summed E-state index contributed by atoms with van der Waals surface area (Å²) in [5.74, 6) is -1.16. The van der Waals surface area contributed by atoms with Gasteiger partial charge in [-0.1, -0.05) is 35.3 Å². The van der Waals surface area contributed by atoms with E-state index in [1.54, 1.807) is 30.3 Å². The topological polar surface area (TPSA) is 81.4 Å². The number of hydrogen-bond donors (Lipinski definition) is 2. The van der Waals surface area contributed by atoms with Crippen molar-refractivity contribution in [1.29, 1.82) is 0 Å². The molecule has 0 aliphatic heterocycles. The van der Waals surface area contributed by atoms with Gasteiger partial charge >= 0.3 is 5.97 Å². The Balaban J connectivity index is 1.91. The van der Waals surface area contributed by atoms with E-state index < -0.39 is 18.5 Å². The van der Waals surface area contributed by atoms with Gasteiger partial charge in [-0.3, -0.25) is 4.79 Å². The van der Waals surface area contributed by atoms with Crippen molar-refractivity contribution in [2.45, 2.75) is 0 Å². The molecule has 5 nitrogen and oxygen atoms in total. The lowest BCUT2D eigenvalue weighted by Gasteiger charge is -2.08. The molecule has 0 atom stereocenters. The zero-order valence-corrected chi connectivity index (χ0v) is 12.8. The van der Waals surface area contributed by atoms with Gasteiger partial charge in [0.2, 0.25) is 0 Å². The molecule has 0 aromatic heterocycles. The SMILES string of the molecule is Nc1ccccc1C(=O)OCC(=O)Nc1ccc(Cl)c(Cl)c1. The van der Waals surface area contributed by atoms with Crippen molar-refractivity contribution >= 4 is 46.5 Å². The Kier molecular flexibility index (Phi) is 5.25. The highest BCUT2D eigenvalue weighted by molar-refractivity contribution is 6.42. The van der Waals surface area contributed by atoms with Gasteiger partial charge in [-0.05, 0) is 30.3 Å². The van der Waals surface area contributed by atoms with E-state index in [4.69, 9.17) is 33.7 Å². The van der Waals surface area contributed by atoms with Crippen LogP contribution in [-0.4, -0.2) is 18.5 Å². The van der Waals surface area contributed by atoms with E-state index in [1.165, 1.54) is 12.1 Å². The lowest BCUT2D eigenvalue weighted by Crippen LogP contribution is -2.21. The van der Waals surface area contributed by atoms with Crippen LogP contribution in [0.3, 0.4) is 0 Å².